The fourth-order valence-corrected chi connectivity index (χ4v) is 1.84. The van der Waals surface area contributed by atoms with E-state index in [1.165, 1.54) is 0 Å². The van der Waals surface area contributed by atoms with Crippen LogP contribution in [0.15, 0.2) is 24.3 Å². The van der Waals surface area contributed by atoms with Crippen molar-refractivity contribution in [3.63, 3.8) is 0 Å². The fourth-order valence-electron chi connectivity index (χ4n) is 1.28. The van der Waals surface area contributed by atoms with Gasteiger partial charge in [0, 0.05) is 18.7 Å². The second-order valence-electron chi connectivity index (χ2n) is 3.70. The Bertz CT molecular complexity index is 497. The predicted molar refractivity (Wildman–Crippen MR) is 67.0 cm³/mol. The number of hydrogen-bond donors (Lipinski definition) is 2. The zero-order valence-corrected chi connectivity index (χ0v) is 10.7. The first kappa shape index (κ1) is 13.5. The van der Waals surface area contributed by atoms with Crippen molar-refractivity contribution in [1.82, 2.24) is 5.32 Å². The maximum absolute atomic E-state index is 11.1. The van der Waals surface area contributed by atoms with E-state index >= 15 is 0 Å². The Morgan fingerprint density at radius 1 is 1.35 bits per heavy atom. The number of nitrogens with one attached hydrogen (secondary N) is 2. The Kier molecular flexibility index (Phi) is 4.51. The van der Waals surface area contributed by atoms with Gasteiger partial charge in [0.2, 0.25) is 15.9 Å². The summed E-state index contributed by atoms with van der Waals surface area (Å²) in [7, 11) is -3.27. The molecule has 6 heteroatoms. The van der Waals surface area contributed by atoms with E-state index in [0.717, 1.165) is 11.8 Å². The molecular formula is C11H16N2O3S. The van der Waals surface area contributed by atoms with Gasteiger partial charge in [0.25, 0.3) is 0 Å². The van der Waals surface area contributed by atoms with Gasteiger partial charge in [0.1, 0.15) is 0 Å². The van der Waals surface area contributed by atoms with Crippen molar-refractivity contribution < 1.29 is 13.2 Å². The number of hydrogen-bond acceptors (Lipinski definition) is 3. The molecule has 0 unspecified atom stereocenters. The number of amides is 1. The number of carbonyl (C=O) groups excluding carboxylic acids is 1. The topological polar surface area (TPSA) is 75.3 Å². The van der Waals surface area contributed by atoms with Crippen LogP contribution in [0.5, 0.6) is 0 Å². The van der Waals surface area contributed by atoms with Gasteiger partial charge in [-0.25, -0.2) is 8.42 Å². The molecule has 17 heavy (non-hydrogen) atoms. The zero-order valence-electron chi connectivity index (χ0n) is 9.86. The fraction of sp³-hybridized carbons (Fsp3) is 0.364. The second-order valence-corrected chi connectivity index (χ2v) is 5.45. The third kappa shape index (κ3) is 5.35. The van der Waals surface area contributed by atoms with Gasteiger partial charge in [-0.15, -0.1) is 0 Å². The number of anilines is 1. The Labute approximate surface area is 101 Å². The van der Waals surface area contributed by atoms with Crippen molar-refractivity contribution in [3.05, 3.63) is 29.8 Å². The minimum Gasteiger partial charge on any atom is -0.352 e. The molecule has 0 spiro atoms. The van der Waals surface area contributed by atoms with Crippen LogP contribution in [0.4, 0.5) is 5.69 Å². The van der Waals surface area contributed by atoms with E-state index in [2.05, 4.69) is 10.0 Å². The van der Waals surface area contributed by atoms with Crippen LogP contribution in [0.1, 0.15) is 18.9 Å². The monoisotopic (exact) mass is 256 g/mol. The molecule has 94 valence electrons. The lowest BCUT2D eigenvalue weighted by Crippen LogP contribution is -2.21. The van der Waals surface area contributed by atoms with E-state index in [-0.39, 0.29) is 5.91 Å². The highest BCUT2D eigenvalue weighted by Gasteiger charge is 2.03. The Hall–Kier alpha value is -1.56. The summed E-state index contributed by atoms with van der Waals surface area (Å²) in [6, 6.07) is 6.91. The molecule has 0 aliphatic carbocycles. The molecule has 1 amide bonds. The van der Waals surface area contributed by atoms with Crippen molar-refractivity contribution in [2.45, 2.75) is 19.9 Å². The number of benzene rings is 1. The third-order valence-corrected chi connectivity index (χ3v) is 2.65. The van der Waals surface area contributed by atoms with Crippen LogP contribution >= 0.6 is 0 Å². The third-order valence-electron chi connectivity index (χ3n) is 2.04. The van der Waals surface area contributed by atoms with Crippen LogP contribution < -0.4 is 10.0 Å². The van der Waals surface area contributed by atoms with E-state index < -0.39 is 10.0 Å². The quantitative estimate of drug-likeness (QED) is 0.828. The molecule has 0 saturated heterocycles. The summed E-state index contributed by atoms with van der Waals surface area (Å²) >= 11 is 0. The molecule has 1 rings (SSSR count). The molecule has 1 aromatic rings. The van der Waals surface area contributed by atoms with Gasteiger partial charge in [0.15, 0.2) is 0 Å². The molecule has 0 heterocycles. The Morgan fingerprint density at radius 2 is 2.06 bits per heavy atom. The van der Waals surface area contributed by atoms with Gasteiger partial charge in [-0.1, -0.05) is 19.1 Å². The average molecular weight is 256 g/mol. The van der Waals surface area contributed by atoms with Gasteiger partial charge in [-0.05, 0) is 17.7 Å². The lowest BCUT2D eigenvalue weighted by atomic mass is 10.2. The van der Waals surface area contributed by atoms with Crippen molar-refractivity contribution in [2.24, 2.45) is 0 Å². The van der Waals surface area contributed by atoms with Crippen LogP contribution in [0, 0.1) is 0 Å². The second kappa shape index (κ2) is 5.67. The van der Waals surface area contributed by atoms with E-state index in [4.69, 9.17) is 0 Å². The maximum atomic E-state index is 11.1. The minimum absolute atomic E-state index is 0.0357. The lowest BCUT2D eigenvalue weighted by molar-refractivity contribution is -0.120. The summed E-state index contributed by atoms with van der Waals surface area (Å²) in [5, 5.41) is 2.72. The average Bonchev–Trinajstić information content (AvgIpc) is 2.24. The number of sulfonamides is 1. The Balaban J connectivity index is 2.69. The first-order valence-corrected chi connectivity index (χ1v) is 7.13. The molecule has 2 N–H and O–H groups in total. The molecule has 1 aromatic carbocycles. The zero-order chi connectivity index (χ0) is 12.9. The highest BCUT2D eigenvalue weighted by Crippen LogP contribution is 2.11. The normalized spacial score (nSPS) is 10.9. The maximum Gasteiger partial charge on any atom is 0.229 e. The number of rotatable bonds is 5. The van der Waals surface area contributed by atoms with Crippen LogP contribution in [0.2, 0.25) is 0 Å². The predicted octanol–water partition coefficient (Wildman–Crippen LogP) is 1.08. The molecule has 0 aromatic heterocycles. The minimum atomic E-state index is -3.27. The number of carbonyl (C=O) groups is 1. The molecule has 0 atom stereocenters. The first-order valence-electron chi connectivity index (χ1n) is 5.24. The molecule has 5 nitrogen and oxygen atoms in total. The van der Waals surface area contributed by atoms with Crippen molar-refractivity contribution in [2.75, 3.05) is 11.0 Å². The van der Waals surface area contributed by atoms with Crippen molar-refractivity contribution in [1.29, 1.82) is 0 Å². The summed E-state index contributed by atoms with van der Waals surface area (Å²) in [6.45, 7) is 2.17. The summed E-state index contributed by atoms with van der Waals surface area (Å²) < 4.78 is 24.5. The molecule has 0 fully saturated rings. The van der Waals surface area contributed by atoms with E-state index in [1.54, 1.807) is 25.1 Å². The standard InChI is InChI=1S/C11H16N2O3S/c1-3-11(14)12-8-9-5-4-6-10(7-9)13-17(2,15)16/h4-7,13H,3,8H2,1-2H3,(H,12,14). The molecule has 0 aliphatic rings. The van der Waals surface area contributed by atoms with Gasteiger partial charge in [-0.2, -0.15) is 0 Å². The summed E-state index contributed by atoms with van der Waals surface area (Å²) in [6.07, 6.45) is 1.53. The summed E-state index contributed by atoms with van der Waals surface area (Å²) in [5.41, 5.74) is 1.34. The van der Waals surface area contributed by atoms with Gasteiger partial charge in [0.05, 0.1) is 6.26 Å². The van der Waals surface area contributed by atoms with Crippen LogP contribution in [-0.2, 0) is 21.4 Å². The van der Waals surface area contributed by atoms with Crippen LogP contribution in [-0.4, -0.2) is 20.6 Å². The lowest BCUT2D eigenvalue weighted by Gasteiger charge is -2.07. The smallest absolute Gasteiger partial charge is 0.229 e. The molecular weight excluding hydrogens is 240 g/mol. The van der Waals surface area contributed by atoms with Gasteiger partial charge < -0.3 is 5.32 Å². The molecule has 0 bridgehead atoms. The molecule has 0 aliphatic heterocycles. The molecule has 0 saturated carbocycles. The van der Waals surface area contributed by atoms with Crippen molar-refractivity contribution >= 4 is 21.6 Å². The largest absolute Gasteiger partial charge is 0.352 e. The van der Waals surface area contributed by atoms with E-state index in [0.29, 0.717) is 18.7 Å². The van der Waals surface area contributed by atoms with Crippen LogP contribution in [0.25, 0.3) is 0 Å². The Morgan fingerprint density at radius 3 is 2.65 bits per heavy atom. The first-order chi connectivity index (χ1) is 7.90. The van der Waals surface area contributed by atoms with E-state index in [1.807, 2.05) is 6.07 Å². The van der Waals surface area contributed by atoms with E-state index in [9.17, 15) is 13.2 Å². The van der Waals surface area contributed by atoms with Gasteiger partial charge >= 0.3 is 0 Å². The highest BCUT2D eigenvalue weighted by molar-refractivity contribution is 7.92. The van der Waals surface area contributed by atoms with Crippen molar-refractivity contribution in [3.8, 4) is 0 Å². The van der Waals surface area contributed by atoms with Gasteiger partial charge in [-0.3, -0.25) is 9.52 Å². The highest BCUT2D eigenvalue weighted by atomic mass is 32.2. The summed E-state index contributed by atoms with van der Waals surface area (Å²) in [4.78, 5) is 11.1. The summed E-state index contributed by atoms with van der Waals surface area (Å²) in [5.74, 6) is -0.0357. The van der Waals surface area contributed by atoms with Crippen LogP contribution in [0.3, 0.4) is 0 Å². The molecule has 0 radical (unpaired) electrons. The SMILES string of the molecule is CCC(=O)NCc1cccc(NS(C)(=O)=O)c1.